The molecule has 0 aliphatic heterocycles. The van der Waals surface area contributed by atoms with Crippen LogP contribution in [0, 0.1) is 0 Å². The topological polar surface area (TPSA) is 61.4 Å². The van der Waals surface area contributed by atoms with Crippen molar-refractivity contribution in [1.29, 1.82) is 0 Å². The molecule has 134 valence electrons. The number of rotatable bonds is 6. The second-order valence-corrected chi connectivity index (χ2v) is 6.87. The lowest BCUT2D eigenvalue weighted by molar-refractivity contribution is 0.173. The second kappa shape index (κ2) is 8.74. The van der Waals surface area contributed by atoms with Gasteiger partial charge in [0.25, 0.3) is 0 Å². The number of amides is 2. The Balaban J connectivity index is 1.52. The van der Waals surface area contributed by atoms with Crippen LogP contribution in [0.15, 0.2) is 71.6 Å². The van der Waals surface area contributed by atoms with E-state index in [1.165, 1.54) is 0 Å². The lowest BCUT2D eigenvalue weighted by Crippen LogP contribution is -2.37. The number of aliphatic hydroxyl groups excluding tert-OH is 1. The molecule has 0 spiro atoms. The van der Waals surface area contributed by atoms with E-state index in [0.29, 0.717) is 6.54 Å². The number of benzene rings is 3. The molecule has 3 rings (SSSR count). The highest BCUT2D eigenvalue weighted by atomic mass is 32.2. The minimum absolute atomic E-state index is 0.167. The van der Waals surface area contributed by atoms with Crippen LogP contribution in [0.4, 0.5) is 4.79 Å². The fourth-order valence-corrected chi connectivity index (χ4v) is 3.23. The van der Waals surface area contributed by atoms with Gasteiger partial charge in [0.15, 0.2) is 0 Å². The molecular formula is C21H22N2O2S. The van der Waals surface area contributed by atoms with Crippen molar-refractivity contribution in [1.82, 2.24) is 10.6 Å². The van der Waals surface area contributed by atoms with Gasteiger partial charge < -0.3 is 15.7 Å². The van der Waals surface area contributed by atoms with Crippen molar-refractivity contribution in [2.24, 2.45) is 0 Å². The Morgan fingerprint density at radius 3 is 2.50 bits per heavy atom. The third-order valence-electron chi connectivity index (χ3n) is 4.28. The van der Waals surface area contributed by atoms with Crippen molar-refractivity contribution in [2.75, 3.05) is 12.8 Å². The van der Waals surface area contributed by atoms with Crippen LogP contribution < -0.4 is 10.6 Å². The number of fused-ring (bicyclic) bond motifs is 1. The standard InChI is InChI=1S/C21H22N2O2S/c1-26-18-11-9-16(10-12-18)20(24)14-23-21(25)22-13-17-7-4-6-15-5-2-3-8-19(15)17/h2-12,20,24H,13-14H2,1H3,(H2,22,23,25). The van der Waals surface area contributed by atoms with Crippen LogP contribution >= 0.6 is 11.8 Å². The molecule has 0 aliphatic rings. The number of carbonyl (C=O) groups is 1. The maximum atomic E-state index is 12.1. The Kier molecular flexibility index (Phi) is 6.15. The molecule has 3 aromatic carbocycles. The van der Waals surface area contributed by atoms with E-state index in [4.69, 9.17) is 0 Å². The summed E-state index contributed by atoms with van der Waals surface area (Å²) in [6.45, 7) is 0.603. The van der Waals surface area contributed by atoms with Crippen molar-refractivity contribution in [3.05, 3.63) is 77.9 Å². The molecule has 3 N–H and O–H groups in total. The second-order valence-electron chi connectivity index (χ2n) is 5.99. The number of hydrogen-bond donors (Lipinski definition) is 3. The summed E-state index contributed by atoms with van der Waals surface area (Å²) < 4.78 is 0. The molecule has 0 bridgehead atoms. The lowest BCUT2D eigenvalue weighted by Gasteiger charge is -2.14. The fraction of sp³-hybridized carbons (Fsp3) is 0.190. The van der Waals surface area contributed by atoms with Gasteiger partial charge in [0, 0.05) is 18.0 Å². The summed E-state index contributed by atoms with van der Waals surface area (Å²) in [5, 5.41) is 18.1. The minimum atomic E-state index is -0.728. The number of aliphatic hydroxyl groups is 1. The van der Waals surface area contributed by atoms with Crippen LogP contribution in [0.25, 0.3) is 10.8 Å². The number of hydrogen-bond acceptors (Lipinski definition) is 3. The average molecular weight is 366 g/mol. The number of carbonyl (C=O) groups excluding carboxylic acids is 1. The Labute approximate surface area is 157 Å². The van der Waals surface area contributed by atoms with Crippen LogP contribution in [0.3, 0.4) is 0 Å². The van der Waals surface area contributed by atoms with Gasteiger partial charge in [-0.2, -0.15) is 0 Å². The predicted molar refractivity (Wildman–Crippen MR) is 107 cm³/mol. The van der Waals surface area contributed by atoms with Crippen LogP contribution in [-0.4, -0.2) is 23.9 Å². The molecular weight excluding hydrogens is 344 g/mol. The number of urea groups is 1. The van der Waals surface area contributed by atoms with Gasteiger partial charge in [-0.3, -0.25) is 0 Å². The van der Waals surface area contributed by atoms with Crippen LogP contribution in [-0.2, 0) is 6.54 Å². The predicted octanol–water partition coefficient (Wildman–Crippen LogP) is 4.09. The van der Waals surface area contributed by atoms with Crippen molar-refractivity contribution in [3.8, 4) is 0 Å². The van der Waals surface area contributed by atoms with Crippen LogP contribution in [0.2, 0.25) is 0 Å². The zero-order chi connectivity index (χ0) is 18.4. The first-order valence-corrected chi connectivity index (χ1v) is 9.70. The fourth-order valence-electron chi connectivity index (χ4n) is 2.82. The summed E-state index contributed by atoms with van der Waals surface area (Å²) in [6, 6.07) is 21.5. The van der Waals surface area contributed by atoms with E-state index >= 15 is 0 Å². The van der Waals surface area contributed by atoms with E-state index in [1.807, 2.05) is 60.9 Å². The number of thioether (sulfide) groups is 1. The zero-order valence-electron chi connectivity index (χ0n) is 14.6. The summed E-state index contributed by atoms with van der Waals surface area (Å²) >= 11 is 1.65. The van der Waals surface area contributed by atoms with Gasteiger partial charge in [0.1, 0.15) is 0 Å². The van der Waals surface area contributed by atoms with Gasteiger partial charge in [0.05, 0.1) is 6.10 Å². The molecule has 26 heavy (non-hydrogen) atoms. The average Bonchev–Trinajstić information content (AvgIpc) is 2.70. The third kappa shape index (κ3) is 4.56. The van der Waals surface area contributed by atoms with Crippen molar-refractivity contribution in [3.63, 3.8) is 0 Å². The van der Waals surface area contributed by atoms with Crippen LogP contribution in [0.1, 0.15) is 17.2 Å². The molecule has 0 saturated carbocycles. The van der Waals surface area contributed by atoms with E-state index in [-0.39, 0.29) is 12.6 Å². The van der Waals surface area contributed by atoms with Crippen molar-refractivity contribution < 1.29 is 9.90 Å². The zero-order valence-corrected chi connectivity index (χ0v) is 15.4. The van der Waals surface area contributed by atoms with E-state index in [2.05, 4.69) is 22.8 Å². The van der Waals surface area contributed by atoms with Gasteiger partial charge in [-0.15, -0.1) is 11.8 Å². The van der Waals surface area contributed by atoms with E-state index in [0.717, 1.165) is 26.8 Å². The summed E-state index contributed by atoms with van der Waals surface area (Å²) in [7, 11) is 0. The molecule has 1 unspecified atom stereocenters. The molecule has 2 amide bonds. The Morgan fingerprint density at radius 2 is 1.73 bits per heavy atom. The maximum Gasteiger partial charge on any atom is 0.315 e. The number of nitrogens with one attached hydrogen (secondary N) is 2. The molecule has 0 fully saturated rings. The monoisotopic (exact) mass is 366 g/mol. The van der Waals surface area contributed by atoms with Gasteiger partial charge in [-0.1, -0.05) is 54.6 Å². The summed E-state index contributed by atoms with van der Waals surface area (Å²) in [4.78, 5) is 13.2. The van der Waals surface area contributed by atoms with Gasteiger partial charge in [0.2, 0.25) is 0 Å². The molecule has 0 aromatic heterocycles. The first kappa shape index (κ1) is 18.3. The summed E-state index contributed by atoms with van der Waals surface area (Å²) in [5.74, 6) is 0. The lowest BCUT2D eigenvalue weighted by atomic mass is 10.0. The molecule has 0 saturated heterocycles. The summed E-state index contributed by atoms with van der Waals surface area (Å²) in [6.07, 6.45) is 1.28. The summed E-state index contributed by atoms with van der Waals surface area (Å²) in [5.41, 5.74) is 1.85. The molecule has 1 atom stereocenters. The highest BCUT2D eigenvalue weighted by molar-refractivity contribution is 7.98. The smallest absolute Gasteiger partial charge is 0.315 e. The molecule has 5 heteroatoms. The first-order valence-electron chi connectivity index (χ1n) is 8.48. The highest BCUT2D eigenvalue weighted by Gasteiger charge is 2.10. The molecule has 3 aromatic rings. The SMILES string of the molecule is CSc1ccc(C(O)CNC(=O)NCc2cccc3ccccc23)cc1. The highest BCUT2D eigenvalue weighted by Crippen LogP contribution is 2.19. The van der Waals surface area contributed by atoms with Crippen molar-refractivity contribution in [2.45, 2.75) is 17.5 Å². The van der Waals surface area contributed by atoms with E-state index in [1.54, 1.807) is 11.8 Å². The van der Waals surface area contributed by atoms with Gasteiger partial charge >= 0.3 is 6.03 Å². The minimum Gasteiger partial charge on any atom is -0.387 e. The van der Waals surface area contributed by atoms with Gasteiger partial charge in [-0.25, -0.2) is 4.79 Å². The quantitative estimate of drug-likeness (QED) is 0.576. The molecule has 4 nitrogen and oxygen atoms in total. The Morgan fingerprint density at radius 1 is 1.00 bits per heavy atom. The first-order chi connectivity index (χ1) is 12.7. The van der Waals surface area contributed by atoms with Crippen LogP contribution in [0.5, 0.6) is 0 Å². The largest absolute Gasteiger partial charge is 0.387 e. The Bertz CT molecular complexity index is 875. The molecule has 0 heterocycles. The molecule has 0 aliphatic carbocycles. The van der Waals surface area contributed by atoms with E-state index < -0.39 is 6.10 Å². The normalized spacial score (nSPS) is 11.9. The van der Waals surface area contributed by atoms with Gasteiger partial charge in [-0.05, 0) is 40.3 Å². The Hall–Kier alpha value is -2.50. The maximum absolute atomic E-state index is 12.1. The van der Waals surface area contributed by atoms with E-state index in [9.17, 15) is 9.90 Å². The third-order valence-corrected chi connectivity index (χ3v) is 5.02. The van der Waals surface area contributed by atoms with Crippen molar-refractivity contribution >= 4 is 28.6 Å². The molecule has 0 radical (unpaired) electrons.